The van der Waals surface area contributed by atoms with E-state index in [2.05, 4.69) is 26.1 Å². The van der Waals surface area contributed by atoms with Gasteiger partial charge in [-0.3, -0.25) is 9.59 Å². The topological polar surface area (TPSA) is 81.4 Å². The molecular weight excluding hydrogens is 360 g/mol. The van der Waals surface area contributed by atoms with Gasteiger partial charge in [-0.25, -0.2) is 0 Å². The number of benzene rings is 1. The van der Waals surface area contributed by atoms with Crippen LogP contribution in [-0.4, -0.2) is 18.4 Å². The Hall–Kier alpha value is -2.34. The van der Waals surface area contributed by atoms with Crippen molar-refractivity contribution in [2.24, 2.45) is 11.7 Å². The Morgan fingerprint density at radius 2 is 2.15 bits per heavy atom. The highest BCUT2D eigenvalue weighted by molar-refractivity contribution is 7.17. The monoisotopic (exact) mass is 386 g/mol. The number of carbonyl (C=O) groups excluding carboxylic acids is 2. The number of hydrogen-bond donors (Lipinski definition) is 2. The zero-order valence-corrected chi connectivity index (χ0v) is 16.8. The highest BCUT2D eigenvalue weighted by Gasteiger charge is 2.27. The van der Waals surface area contributed by atoms with Gasteiger partial charge in [0.25, 0.3) is 11.8 Å². The van der Waals surface area contributed by atoms with Crippen LogP contribution in [0.3, 0.4) is 0 Å². The van der Waals surface area contributed by atoms with Gasteiger partial charge in [-0.15, -0.1) is 11.3 Å². The van der Waals surface area contributed by atoms with Crippen LogP contribution in [0, 0.1) is 5.92 Å². The number of amides is 2. The summed E-state index contributed by atoms with van der Waals surface area (Å²) in [6.07, 6.45) is 2.79. The number of carbonyl (C=O) groups is 2. The van der Waals surface area contributed by atoms with Crippen LogP contribution in [0.15, 0.2) is 24.3 Å². The molecule has 0 bridgehead atoms. The van der Waals surface area contributed by atoms with E-state index in [1.54, 1.807) is 0 Å². The average molecular weight is 387 g/mol. The molecule has 0 spiro atoms. The van der Waals surface area contributed by atoms with Gasteiger partial charge >= 0.3 is 0 Å². The molecule has 0 radical (unpaired) electrons. The minimum absolute atomic E-state index is 0.112. The van der Waals surface area contributed by atoms with Gasteiger partial charge in [0, 0.05) is 4.88 Å². The molecule has 6 heteroatoms. The Morgan fingerprint density at radius 3 is 2.85 bits per heavy atom. The molecule has 2 aromatic rings. The SMILES string of the molecule is CC1CCc2c(sc(NC(=O)COc3cccc(C(C)C)c3)c2C(N)=O)C1. The first-order valence-electron chi connectivity index (χ1n) is 9.32. The van der Waals surface area contributed by atoms with Crippen LogP contribution >= 0.6 is 11.3 Å². The molecule has 2 amide bonds. The summed E-state index contributed by atoms with van der Waals surface area (Å²) in [5.41, 5.74) is 8.22. The third-order valence-electron chi connectivity index (χ3n) is 4.91. The number of ether oxygens (including phenoxy) is 1. The van der Waals surface area contributed by atoms with Crippen molar-refractivity contribution < 1.29 is 14.3 Å². The van der Waals surface area contributed by atoms with Crippen LogP contribution in [0.5, 0.6) is 5.75 Å². The number of anilines is 1. The van der Waals surface area contributed by atoms with Crippen LogP contribution in [0.25, 0.3) is 0 Å². The second kappa shape index (κ2) is 8.13. The zero-order valence-electron chi connectivity index (χ0n) is 16.0. The maximum atomic E-state index is 12.4. The first-order valence-corrected chi connectivity index (χ1v) is 10.1. The molecule has 0 saturated heterocycles. The van der Waals surface area contributed by atoms with E-state index in [-0.39, 0.29) is 12.5 Å². The number of hydrogen-bond acceptors (Lipinski definition) is 4. The summed E-state index contributed by atoms with van der Waals surface area (Å²) in [6.45, 7) is 6.30. The van der Waals surface area contributed by atoms with E-state index < -0.39 is 5.91 Å². The summed E-state index contributed by atoms with van der Waals surface area (Å²) in [6, 6.07) is 7.73. The van der Waals surface area contributed by atoms with E-state index in [1.807, 2.05) is 24.3 Å². The molecule has 1 aliphatic rings. The van der Waals surface area contributed by atoms with Gasteiger partial charge in [0.2, 0.25) is 0 Å². The maximum absolute atomic E-state index is 12.4. The van der Waals surface area contributed by atoms with Crippen LogP contribution < -0.4 is 15.8 Å². The minimum atomic E-state index is -0.483. The standard InChI is InChI=1S/C21H26N2O3S/c1-12(2)14-5-4-6-15(10-14)26-11-18(24)23-21-19(20(22)25)16-8-7-13(3)9-17(16)27-21/h4-6,10,12-13H,7-9,11H2,1-3H3,(H2,22,25)(H,23,24). The second-order valence-electron chi connectivity index (χ2n) is 7.48. The molecule has 1 atom stereocenters. The van der Waals surface area contributed by atoms with Gasteiger partial charge in [-0.1, -0.05) is 32.9 Å². The summed E-state index contributed by atoms with van der Waals surface area (Å²) in [5, 5.41) is 3.37. The lowest BCUT2D eigenvalue weighted by molar-refractivity contribution is -0.118. The quantitative estimate of drug-likeness (QED) is 0.784. The maximum Gasteiger partial charge on any atom is 0.262 e. The minimum Gasteiger partial charge on any atom is -0.484 e. The van der Waals surface area contributed by atoms with E-state index in [0.717, 1.165) is 35.3 Å². The predicted octanol–water partition coefficient (Wildman–Crippen LogP) is 4.11. The van der Waals surface area contributed by atoms with Gasteiger partial charge in [-0.05, 0) is 54.4 Å². The van der Waals surface area contributed by atoms with Crippen molar-refractivity contribution in [3.05, 3.63) is 45.8 Å². The third-order valence-corrected chi connectivity index (χ3v) is 6.08. The normalized spacial score (nSPS) is 16.1. The van der Waals surface area contributed by atoms with Crippen molar-refractivity contribution in [2.45, 2.75) is 46.0 Å². The van der Waals surface area contributed by atoms with Gasteiger partial charge in [-0.2, -0.15) is 0 Å². The molecule has 3 rings (SSSR count). The molecular formula is C21H26N2O3S. The summed E-state index contributed by atoms with van der Waals surface area (Å²) in [5.74, 6) is 0.852. The highest BCUT2D eigenvalue weighted by atomic mass is 32.1. The number of rotatable bonds is 6. The van der Waals surface area contributed by atoms with E-state index in [9.17, 15) is 9.59 Å². The molecule has 144 valence electrons. The molecule has 5 nitrogen and oxygen atoms in total. The van der Waals surface area contributed by atoms with Crippen LogP contribution in [-0.2, 0) is 17.6 Å². The summed E-state index contributed by atoms with van der Waals surface area (Å²) in [7, 11) is 0. The fourth-order valence-corrected chi connectivity index (χ4v) is 4.81. The molecule has 0 saturated carbocycles. The summed E-state index contributed by atoms with van der Waals surface area (Å²) in [4.78, 5) is 25.5. The van der Waals surface area contributed by atoms with Gasteiger partial charge < -0.3 is 15.8 Å². The fourth-order valence-electron chi connectivity index (χ4n) is 3.37. The van der Waals surface area contributed by atoms with Crippen molar-refractivity contribution in [2.75, 3.05) is 11.9 Å². The van der Waals surface area contributed by atoms with Gasteiger partial charge in [0.15, 0.2) is 6.61 Å². The van der Waals surface area contributed by atoms with Gasteiger partial charge in [0.05, 0.1) is 5.56 Å². The number of fused-ring (bicyclic) bond motifs is 1. The Morgan fingerprint density at radius 1 is 1.37 bits per heavy atom. The fraction of sp³-hybridized carbons (Fsp3) is 0.429. The van der Waals surface area contributed by atoms with Crippen LogP contribution in [0.2, 0.25) is 0 Å². The largest absolute Gasteiger partial charge is 0.484 e. The molecule has 27 heavy (non-hydrogen) atoms. The van der Waals surface area contributed by atoms with E-state index in [1.165, 1.54) is 11.3 Å². The summed E-state index contributed by atoms with van der Waals surface area (Å²) >= 11 is 1.46. The van der Waals surface area contributed by atoms with Crippen molar-refractivity contribution in [1.29, 1.82) is 0 Å². The molecule has 1 unspecified atom stereocenters. The lowest BCUT2D eigenvalue weighted by atomic mass is 9.88. The molecule has 1 aliphatic carbocycles. The molecule has 1 aromatic heterocycles. The lowest BCUT2D eigenvalue weighted by Gasteiger charge is -2.18. The summed E-state index contributed by atoms with van der Waals surface area (Å²) < 4.78 is 5.63. The van der Waals surface area contributed by atoms with Crippen molar-refractivity contribution in [3.63, 3.8) is 0 Å². The van der Waals surface area contributed by atoms with E-state index in [4.69, 9.17) is 10.5 Å². The first kappa shape index (κ1) is 19.4. The van der Waals surface area contributed by atoms with Crippen molar-refractivity contribution >= 4 is 28.2 Å². The van der Waals surface area contributed by atoms with Crippen molar-refractivity contribution in [1.82, 2.24) is 0 Å². The lowest BCUT2D eigenvalue weighted by Crippen LogP contribution is -2.22. The zero-order chi connectivity index (χ0) is 19.6. The average Bonchev–Trinajstić information content (AvgIpc) is 2.97. The molecule has 1 heterocycles. The number of nitrogens with two attached hydrogens (primary N) is 1. The Bertz CT molecular complexity index is 857. The smallest absolute Gasteiger partial charge is 0.262 e. The molecule has 0 fully saturated rings. The van der Waals surface area contributed by atoms with Crippen LogP contribution in [0.1, 0.15) is 59.5 Å². The first-order chi connectivity index (χ1) is 12.8. The predicted molar refractivity (Wildman–Crippen MR) is 109 cm³/mol. The Balaban J connectivity index is 1.69. The highest BCUT2D eigenvalue weighted by Crippen LogP contribution is 2.39. The molecule has 0 aliphatic heterocycles. The Labute approximate surface area is 163 Å². The third kappa shape index (κ3) is 4.50. The molecule has 3 N–H and O–H groups in total. The van der Waals surface area contributed by atoms with Gasteiger partial charge in [0.1, 0.15) is 10.8 Å². The van der Waals surface area contributed by atoms with Crippen molar-refractivity contribution in [3.8, 4) is 5.75 Å². The van der Waals surface area contributed by atoms with Crippen LogP contribution in [0.4, 0.5) is 5.00 Å². The van der Waals surface area contributed by atoms with E-state index >= 15 is 0 Å². The second-order valence-corrected chi connectivity index (χ2v) is 8.59. The van der Waals surface area contributed by atoms with E-state index in [0.29, 0.717) is 28.1 Å². The Kier molecular flexibility index (Phi) is 5.85. The molecule has 1 aromatic carbocycles. The number of thiophene rings is 1. The number of nitrogens with one attached hydrogen (secondary N) is 1. The number of primary amides is 1.